The van der Waals surface area contributed by atoms with Gasteiger partial charge in [-0.25, -0.2) is 8.78 Å². The Kier molecular flexibility index (Phi) is 4.51. The van der Waals surface area contributed by atoms with E-state index in [-0.39, 0.29) is 5.56 Å². The molecule has 0 aromatic heterocycles. The van der Waals surface area contributed by atoms with Crippen LogP contribution in [0.25, 0.3) is 0 Å². The van der Waals surface area contributed by atoms with Crippen LogP contribution < -0.4 is 19.9 Å². The molecule has 96 valence electrons. The van der Waals surface area contributed by atoms with Crippen molar-refractivity contribution in [2.75, 3.05) is 21.3 Å². The van der Waals surface area contributed by atoms with Crippen molar-refractivity contribution < 1.29 is 23.0 Å². The summed E-state index contributed by atoms with van der Waals surface area (Å²) in [7, 11) is 4.26. The Balaban J connectivity index is 3.27. The molecule has 1 rings (SSSR count). The van der Waals surface area contributed by atoms with Crippen LogP contribution in [0.15, 0.2) is 12.1 Å². The van der Waals surface area contributed by atoms with Crippen LogP contribution in [0.4, 0.5) is 8.78 Å². The van der Waals surface area contributed by atoms with Crippen LogP contribution in [-0.2, 0) is 0 Å². The van der Waals surface area contributed by atoms with E-state index in [1.807, 2.05) is 0 Å². The van der Waals surface area contributed by atoms with Gasteiger partial charge < -0.3 is 19.9 Å². The summed E-state index contributed by atoms with van der Waals surface area (Å²) in [5, 5.41) is 0. The highest BCUT2D eigenvalue weighted by Gasteiger charge is 2.22. The number of hydrogen-bond acceptors (Lipinski definition) is 4. The van der Waals surface area contributed by atoms with Crippen LogP contribution in [0, 0.1) is 0 Å². The van der Waals surface area contributed by atoms with Gasteiger partial charge in [-0.2, -0.15) is 0 Å². The van der Waals surface area contributed by atoms with Crippen LogP contribution in [-0.4, -0.2) is 27.8 Å². The molecule has 0 saturated carbocycles. The molecule has 0 saturated heterocycles. The maximum absolute atomic E-state index is 12.5. The molecule has 0 radical (unpaired) electrons. The van der Waals surface area contributed by atoms with E-state index in [0.29, 0.717) is 17.2 Å². The molecule has 0 aliphatic rings. The maximum Gasteiger partial charge on any atom is 0.257 e. The first-order chi connectivity index (χ1) is 8.04. The predicted molar refractivity (Wildman–Crippen MR) is 59.0 cm³/mol. The molecule has 17 heavy (non-hydrogen) atoms. The summed E-state index contributed by atoms with van der Waals surface area (Å²) < 4.78 is 40.2. The van der Waals surface area contributed by atoms with Gasteiger partial charge in [0.1, 0.15) is 0 Å². The Bertz CT molecular complexity index is 360. The predicted octanol–water partition coefficient (Wildman–Crippen LogP) is 1.98. The Morgan fingerprint density at radius 1 is 1.00 bits per heavy atom. The summed E-state index contributed by atoms with van der Waals surface area (Å²) >= 11 is 0. The Morgan fingerprint density at radius 2 is 1.47 bits per heavy atom. The van der Waals surface area contributed by atoms with E-state index in [1.165, 1.54) is 33.5 Å². The highest BCUT2D eigenvalue weighted by molar-refractivity contribution is 5.54. The summed E-state index contributed by atoms with van der Waals surface area (Å²) in [5.74, 6) is 0.955. The minimum absolute atomic E-state index is 0.231. The maximum atomic E-state index is 12.5. The van der Waals surface area contributed by atoms with Gasteiger partial charge in [0, 0.05) is 0 Å². The number of halogens is 2. The van der Waals surface area contributed by atoms with E-state index >= 15 is 0 Å². The van der Waals surface area contributed by atoms with Crippen molar-refractivity contribution in [2.45, 2.75) is 12.5 Å². The minimum atomic E-state index is -2.65. The number of ether oxygens (including phenoxy) is 3. The molecule has 0 heterocycles. The van der Waals surface area contributed by atoms with Crippen molar-refractivity contribution in [1.29, 1.82) is 0 Å². The van der Waals surface area contributed by atoms with Gasteiger partial charge in [0.05, 0.1) is 27.4 Å². The van der Waals surface area contributed by atoms with Crippen molar-refractivity contribution in [1.82, 2.24) is 0 Å². The van der Waals surface area contributed by atoms with Gasteiger partial charge in [0.25, 0.3) is 6.43 Å². The minimum Gasteiger partial charge on any atom is -0.493 e. The van der Waals surface area contributed by atoms with Crippen molar-refractivity contribution in [3.05, 3.63) is 17.7 Å². The van der Waals surface area contributed by atoms with Gasteiger partial charge in [-0.1, -0.05) is 0 Å². The molecule has 0 aliphatic heterocycles. The van der Waals surface area contributed by atoms with E-state index in [0.717, 1.165) is 0 Å². The lowest BCUT2D eigenvalue weighted by Crippen LogP contribution is -2.19. The second kappa shape index (κ2) is 5.67. The van der Waals surface area contributed by atoms with Crippen LogP contribution >= 0.6 is 0 Å². The largest absolute Gasteiger partial charge is 0.493 e. The van der Waals surface area contributed by atoms with Gasteiger partial charge in [-0.3, -0.25) is 0 Å². The van der Waals surface area contributed by atoms with Gasteiger partial charge in [-0.15, -0.1) is 0 Å². The third kappa shape index (κ3) is 2.76. The molecule has 0 amide bonds. The first-order valence-electron chi connectivity index (χ1n) is 4.88. The van der Waals surface area contributed by atoms with Crippen molar-refractivity contribution >= 4 is 0 Å². The van der Waals surface area contributed by atoms with Crippen molar-refractivity contribution in [3.63, 3.8) is 0 Å². The Labute approximate surface area is 98.3 Å². The quantitative estimate of drug-likeness (QED) is 0.864. The molecule has 0 spiro atoms. The molecule has 4 nitrogen and oxygen atoms in total. The molecule has 0 bridgehead atoms. The lowest BCUT2D eigenvalue weighted by Gasteiger charge is -2.17. The lowest BCUT2D eigenvalue weighted by molar-refractivity contribution is 0.116. The molecule has 2 N–H and O–H groups in total. The summed E-state index contributed by atoms with van der Waals surface area (Å²) in [6.45, 7) is 0. The van der Waals surface area contributed by atoms with E-state index in [9.17, 15) is 8.78 Å². The summed E-state index contributed by atoms with van der Waals surface area (Å²) in [6, 6.07) is 1.44. The average Bonchev–Trinajstić information content (AvgIpc) is 2.35. The van der Waals surface area contributed by atoms with Crippen molar-refractivity contribution in [2.24, 2.45) is 5.73 Å². The van der Waals surface area contributed by atoms with E-state index in [1.54, 1.807) is 0 Å². The van der Waals surface area contributed by atoms with Gasteiger partial charge in [-0.05, 0) is 17.7 Å². The van der Waals surface area contributed by atoms with Gasteiger partial charge >= 0.3 is 0 Å². The fourth-order valence-electron chi connectivity index (χ4n) is 1.44. The Hall–Kier alpha value is -1.56. The van der Waals surface area contributed by atoms with Crippen LogP contribution in [0.5, 0.6) is 17.2 Å². The highest BCUT2D eigenvalue weighted by Crippen LogP contribution is 2.40. The van der Waals surface area contributed by atoms with E-state index < -0.39 is 12.5 Å². The van der Waals surface area contributed by atoms with Gasteiger partial charge in [0.2, 0.25) is 5.75 Å². The van der Waals surface area contributed by atoms with Crippen LogP contribution in [0.3, 0.4) is 0 Å². The molecule has 0 aliphatic carbocycles. The second-order valence-corrected chi connectivity index (χ2v) is 3.32. The summed E-state index contributed by atoms with van der Waals surface area (Å²) in [5.41, 5.74) is 5.61. The molecule has 1 unspecified atom stereocenters. The first kappa shape index (κ1) is 13.5. The van der Waals surface area contributed by atoms with Crippen molar-refractivity contribution in [3.8, 4) is 17.2 Å². The zero-order valence-electron chi connectivity index (χ0n) is 9.87. The number of methoxy groups -OCH3 is 3. The van der Waals surface area contributed by atoms with Gasteiger partial charge in [0.15, 0.2) is 11.5 Å². The molecule has 1 aromatic rings. The number of benzene rings is 1. The standard InChI is InChI=1S/C11H15F2NO3/c1-15-7-4-6(9(14)11(12)13)5-8(16-2)10(7)17-3/h4-5,9,11H,14H2,1-3H3. The number of rotatable bonds is 5. The van der Waals surface area contributed by atoms with E-state index in [4.69, 9.17) is 19.9 Å². The fraction of sp³-hybridized carbons (Fsp3) is 0.455. The zero-order valence-corrected chi connectivity index (χ0v) is 9.87. The number of nitrogens with two attached hydrogens (primary N) is 1. The monoisotopic (exact) mass is 247 g/mol. The summed E-state index contributed by atoms with van der Waals surface area (Å²) in [4.78, 5) is 0. The molecule has 1 atom stereocenters. The lowest BCUT2D eigenvalue weighted by atomic mass is 10.1. The van der Waals surface area contributed by atoms with E-state index in [2.05, 4.69) is 0 Å². The topological polar surface area (TPSA) is 53.7 Å². The SMILES string of the molecule is COc1cc(C(N)C(F)F)cc(OC)c1OC. The highest BCUT2D eigenvalue weighted by atomic mass is 19.3. The molecule has 6 heteroatoms. The number of alkyl halides is 2. The third-order valence-electron chi connectivity index (χ3n) is 2.34. The molecule has 1 aromatic carbocycles. The zero-order chi connectivity index (χ0) is 13.0. The summed E-state index contributed by atoms with van der Waals surface area (Å²) in [6.07, 6.45) is -2.65. The normalized spacial score (nSPS) is 12.4. The average molecular weight is 247 g/mol. The molecular weight excluding hydrogens is 232 g/mol. The first-order valence-corrected chi connectivity index (χ1v) is 4.88. The van der Waals surface area contributed by atoms with Crippen LogP contribution in [0.2, 0.25) is 0 Å². The molecular formula is C11H15F2NO3. The van der Waals surface area contributed by atoms with Crippen LogP contribution in [0.1, 0.15) is 11.6 Å². The number of hydrogen-bond donors (Lipinski definition) is 1. The Morgan fingerprint density at radius 3 is 1.76 bits per heavy atom. The second-order valence-electron chi connectivity index (χ2n) is 3.32. The molecule has 0 fully saturated rings. The third-order valence-corrected chi connectivity index (χ3v) is 2.34. The smallest absolute Gasteiger partial charge is 0.257 e. The fourth-order valence-corrected chi connectivity index (χ4v) is 1.44.